The van der Waals surface area contributed by atoms with Gasteiger partial charge in [-0.15, -0.1) is 0 Å². The minimum Gasteiger partial charge on any atom is -0.356 e. The zero-order valence-corrected chi connectivity index (χ0v) is 22.2. The van der Waals surface area contributed by atoms with Crippen molar-refractivity contribution in [1.82, 2.24) is 24.8 Å². The molecule has 0 unspecified atom stereocenters. The van der Waals surface area contributed by atoms with Gasteiger partial charge in [0.05, 0.1) is 5.69 Å². The molecule has 1 amide bonds. The molecule has 0 bridgehead atoms. The third kappa shape index (κ3) is 5.66. The Morgan fingerprint density at radius 2 is 1.40 bits per heavy atom. The van der Waals surface area contributed by atoms with Gasteiger partial charge in [-0.1, -0.05) is 0 Å². The zero-order chi connectivity index (χ0) is 27.5. The van der Waals surface area contributed by atoms with Gasteiger partial charge in [0.1, 0.15) is 35.4 Å². The standard InChI is InChI=1S/C30H31F2N7O/c31-23-9-5-21(6-10-23)29-25(35-30(36-29)22-7-11-24(32)12-8-22)3-1-4-28(40)39-17-15-38(16-18-39)27-19-26(33-20-34-27)37-13-2-14-37/h5-12,19-20H,1-4,13-18H2,(H,35,36). The lowest BCUT2D eigenvalue weighted by Crippen LogP contribution is -2.49. The summed E-state index contributed by atoms with van der Waals surface area (Å²) in [5.41, 5.74) is 3.12. The highest BCUT2D eigenvalue weighted by Crippen LogP contribution is 2.28. The Morgan fingerprint density at radius 1 is 0.800 bits per heavy atom. The molecule has 0 atom stereocenters. The van der Waals surface area contributed by atoms with E-state index in [1.165, 1.54) is 30.7 Å². The van der Waals surface area contributed by atoms with Crippen LogP contribution in [0, 0.1) is 11.6 Å². The van der Waals surface area contributed by atoms with E-state index in [-0.39, 0.29) is 17.5 Å². The summed E-state index contributed by atoms with van der Waals surface area (Å²) < 4.78 is 27.0. The molecule has 0 saturated carbocycles. The molecular formula is C30H31F2N7O. The van der Waals surface area contributed by atoms with Crippen molar-refractivity contribution in [3.05, 3.63) is 78.3 Å². The van der Waals surface area contributed by atoms with Crippen molar-refractivity contribution < 1.29 is 13.6 Å². The summed E-state index contributed by atoms with van der Waals surface area (Å²) in [6.45, 7) is 4.85. The second-order valence-electron chi connectivity index (χ2n) is 10.2. The number of aromatic amines is 1. The molecule has 0 aliphatic carbocycles. The van der Waals surface area contributed by atoms with Crippen LogP contribution in [-0.2, 0) is 11.2 Å². The molecule has 206 valence electrons. The number of aromatic nitrogens is 4. The fourth-order valence-electron chi connectivity index (χ4n) is 5.17. The van der Waals surface area contributed by atoms with Gasteiger partial charge in [0.15, 0.2) is 0 Å². The van der Waals surface area contributed by atoms with Gasteiger partial charge in [-0.3, -0.25) is 4.79 Å². The second-order valence-corrected chi connectivity index (χ2v) is 10.2. The first kappa shape index (κ1) is 25.9. The predicted molar refractivity (Wildman–Crippen MR) is 150 cm³/mol. The zero-order valence-electron chi connectivity index (χ0n) is 22.2. The number of hydrogen-bond donors (Lipinski definition) is 1. The molecule has 2 fully saturated rings. The number of aryl methyl sites for hydroxylation is 1. The van der Waals surface area contributed by atoms with Crippen molar-refractivity contribution >= 4 is 17.5 Å². The molecule has 40 heavy (non-hydrogen) atoms. The van der Waals surface area contributed by atoms with Gasteiger partial charge in [-0.25, -0.2) is 23.7 Å². The highest BCUT2D eigenvalue weighted by molar-refractivity contribution is 5.76. The van der Waals surface area contributed by atoms with Crippen molar-refractivity contribution in [2.45, 2.75) is 25.7 Å². The first-order chi connectivity index (χ1) is 19.5. The lowest BCUT2D eigenvalue weighted by molar-refractivity contribution is -0.131. The van der Waals surface area contributed by atoms with Crippen LogP contribution in [0.3, 0.4) is 0 Å². The van der Waals surface area contributed by atoms with Gasteiger partial charge < -0.3 is 19.7 Å². The van der Waals surface area contributed by atoms with E-state index in [1.54, 1.807) is 30.6 Å². The maximum absolute atomic E-state index is 13.5. The summed E-state index contributed by atoms with van der Waals surface area (Å²) in [5, 5.41) is 0. The van der Waals surface area contributed by atoms with E-state index in [0.717, 1.165) is 54.6 Å². The first-order valence-electron chi connectivity index (χ1n) is 13.7. The Kier molecular flexibility index (Phi) is 7.39. The number of imidazole rings is 1. The van der Waals surface area contributed by atoms with Crippen LogP contribution in [0.4, 0.5) is 20.4 Å². The Morgan fingerprint density at radius 3 is 2.00 bits per heavy atom. The summed E-state index contributed by atoms with van der Waals surface area (Å²) in [4.78, 5) is 36.4. The van der Waals surface area contributed by atoms with E-state index >= 15 is 0 Å². The van der Waals surface area contributed by atoms with Crippen molar-refractivity contribution in [3.8, 4) is 22.6 Å². The average Bonchev–Trinajstić information content (AvgIpc) is 3.37. The van der Waals surface area contributed by atoms with Gasteiger partial charge in [-0.2, -0.15) is 0 Å². The number of nitrogens with zero attached hydrogens (tertiary/aromatic N) is 6. The summed E-state index contributed by atoms with van der Waals surface area (Å²) >= 11 is 0. The monoisotopic (exact) mass is 543 g/mol. The maximum Gasteiger partial charge on any atom is 0.222 e. The van der Waals surface area contributed by atoms with E-state index in [4.69, 9.17) is 4.98 Å². The molecule has 1 N–H and O–H groups in total. The number of amides is 1. The molecule has 0 spiro atoms. The van der Waals surface area contributed by atoms with Crippen LogP contribution in [0.25, 0.3) is 22.6 Å². The summed E-state index contributed by atoms with van der Waals surface area (Å²) in [7, 11) is 0. The molecule has 8 nitrogen and oxygen atoms in total. The van der Waals surface area contributed by atoms with Crippen LogP contribution < -0.4 is 9.80 Å². The van der Waals surface area contributed by atoms with Crippen LogP contribution in [0.15, 0.2) is 60.9 Å². The van der Waals surface area contributed by atoms with Crippen molar-refractivity contribution in [3.63, 3.8) is 0 Å². The molecule has 6 rings (SSSR count). The number of anilines is 2. The molecular weight excluding hydrogens is 512 g/mol. The number of rotatable bonds is 8. The molecule has 2 saturated heterocycles. The van der Waals surface area contributed by atoms with Crippen molar-refractivity contribution in [2.24, 2.45) is 0 Å². The number of piperazine rings is 1. The highest BCUT2D eigenvalue weighted by Gasteiger charge is 2.24. The predicted octanol–water partition coefficient (Wildman–Crippen LogP) is 4.69. The summed E-state index contributed by atoms with van der Waals surface area (Å²) in [6.07, 6.45) is 4.48. The normalized spacial score (nSPS) is 15.3. The molecule has 2 aromatic carbocycles. The first-order valence-corrected chi connectivity index (χ1v) is 13.7. The average molecular weight is 544 g/mol. The maximum atomic E-state index is 13.5. The number of carbonyl (C=O) groups excluding carboxylic acids is 1. The van der Waals surface area contributed by atoms with Crippen molar-refractivity contribution in [2.75, 3.05) is 49.1 Å². The SMILES string of the molecule is O=C(CCCc1[nH]c(-c2ccc(F)cc2)nc1-c1ccc(F)cc1)N1CCN(c2cc(N3CCC3)ncn2)CC1. The Balaban J connectivity index is 1.07. The fraction of sp³-hybridized carbons (Fsp3) is 0.333. The number of nitrogens with one attached hydrogen (secondary N) is 1. The van der Waals surface area contributed by atoms with Gasteiger partial charge in [0.2, 0.25) is 5.91 Å². The number of carbonyl (C=O) groups is 1. The topological polar surface area (TPSA) is 81.3 Å². The highest BCUT2D eigenvalue weighted by atomic mass is 19.1. The van der Waals surface area contributed by atoms with E-state index in [9.17, 15) is 13.6 Å². The van der Waals surface area contributed by atoms with E-state index in [2.05, 4.69) is 24.8 Å². The molecule has 2 aliphatic heterocycles. The smallest absolute Gasteiger partial charge is 0.222 e. The quantitative estimate of drug-likeness (QED) is 0.347. The Labute approximate surface area is 231 Å². The van der Waals surface area contributed by atoms with Gasteiger partial charge in [-0.05, 0) is 67.8 Å². The molecule has 2 aliphatic rings. The Bertz CT molecular complexity index is 1460. The number of H-pyrrole nitrogens is 1. The van der Waals surface area contributed by atoms with E-state index < -0.39 is 0 Å². The minimum absolute atomic E-state index is 0.130. The third-order valence-electron chi connectivity index (χ3n) is 7.61. The van der Waals surface area contributed by atoms with Crippen LogP contribution in [0.2, 0.25) is 0 Å². The van der Waals surface area contributed by atoms with Gasteiger partial charge >= 0.3 is 0 Å². The van der Waals surface area contributed by atoms with E-state index in [1.807, 2.05) is 11.0 Å². The largest absolute Gasteiger partial charge is 0.356 e. The lowest BCUT2D eigenvalue weighted by Gasteiger charge is -2.36. The number of hydrogen-bond acceptors (Lipinski definition) is 6. The van der Waals surface area contributed by atoms with Crippen LogP contribution in [0.5, 0.6) is 0 Å². The van der Waals surface area contributed by atoms with Crippen LogP contribution in [-0.4, -0.2) is 70.0 Å². The number of halogens is 2. The van der Waals surface area contributed by atoms with Crippen LogP contribution >= 0.6 is 0 Å². The number of benzene rings is 2. The molecule has 10 heteroatoms. The van der Waals surface area contributed by atoms with Gasteiger partial charge in [0, 0.05) is 68.6 Å². The Hall–Kier alpha value is -4.34. The molecule has 4 aromatic rings. The molecule has 0 radical (unpaired) electrons. The van der Waals surface area contributed by atoms with Crippen LogP contribution in [0.1, 0.15) is 25.0 Å². The fourth-order valence-corrected chi connectivity index (χ4v) is 5.17. The lowest BCUT2D eigenvalue weighted by atomic mass is 10.1. The van der Waals surface area contributed by atoms with E-state index in [0.29, 0.717) is 43.9 Å². The summed E-state index contributed by atoms with van der Waals surface area (Å²) in [5.74, 6) is 1.98. The molecule has 4 heterocycles. The summed E-state index contributed by atoms with van der Waals surface area (Å²) in [6, 6.07) is 14.4. The molecule has 2 aromatic heterocycles. The minimum atomic E-state index is -0.318. The van der Waals surface area contributed by atoms with Gasteiger partial charge in [0.25, 0.3) is 0 Å². The second kappa shape index (κ2) is 11.4. The third-order valence-corrected chi connectivity index (χ3v) is 7.61. The van der Waals surface area contributed by atoms with Crippen molar-refractivity contribution in [1.29, 1.82) is 0 Å².